The maximum atomic E-state index is 10.9. The van der Waals surface area contributed by atoms with E-state index >= 15 is 0 Å². The van der Waals surface area contributed by atoms with Crippen molar-refractivity contribution >= 4 is 17.7 Å². The summed E-state index contributed by atoms with van der Waals surface area (Å²) in [6.07, 6.45) is 3.23. The first-order chi connectivity index (χ1) is 6.69. The number of aromatic nitrogens is 1. The smallest absolute Gasteiger partial charge is 0.238 e. The summed E-state index contributed by atoms with van der Waals surface area (Å²) in [4.78, 5) is 14.9. The Balaban J connectivity index is 3.18. The van der Waals surface area contributed by atoms with Crippen LogP contribution in [-0.2, 0) is 4.79 Å². The van der Waals surface area contributed by atoms with Crippen LogP contribution in [0.4, 0.5) is 5.69 Å². The lowest BCUT2D eigenvalue weighted by Crippen LogP contribution is -2.09. The summed E-state index contributed by atoms with van der Waals surface area (Å²) < 4.78 is 5.02. The lowest BCUT2D eigenvalue weighted by Gasteiger charge is -2.09. The van der Waals surface area contributed by atoms with Crippen molar-refractivity contribution < 1.29 is 9.53 Å². The van der Waals surface area contributed by atoms with Gasteiger partial charge in [-0.3, -0.25) is 4.79 Å². The molecule has 74 valence electrons. The number of carbonyl (C=O) groups excluding carboxylic acids is 1. The van der Waals surface area contributed by atoms with Crippen molar-refractivity contribution in [1.29, 1.82) is 0 Å². The third kappa shape index (κ3) is 2.10. The normalized spacial score (nSPS) is 9.29. The van der Waals surface area contributed by atoms with E-state index in [0.29, 0.717) is 11.6 Å². The average molecular weight is 192 g/mol. The van der Waals surface area contributed by atoms with Gasteiger partial charge in [-0.05, 0) is 6.07 Å². The van der Waals surface area contributed by atoms with Crippen molar-refractivity contribution in [2.24, 2.45) is 0 Å². The zero-order chi connectivity index (χ0) is 10.6. The number of nitrogens with one attached hydrogen (secondary N) is 1. The van der Waals surface area contributed by atoms with Gasteiger partial charge < -0.3 is 10.1 Å². The molecule has 1 aromatic rings. The van der Waals surface area contributed by atoms with Crippen LogP contribution < -0.4 is 10.1 Å². The van der Waals surface area contributed by atoms with Crippen LogP contribution in [0.15, 0.2) is 18.8 Å². The maximum absolute atomic E-state index is 10.9. The van der Waals surface area contributed by atoms with Gasteiger partial charge in [0, 0.05) is 18.7 Å². The minimum absolute atomic E-state index is 0.167. The molecule has 0 saturated heterocycles. The van der Waals surface area contributed by atoms with Crippen molar-refractivity contribution in [2.45, 2.75) is 6.92 Å². The number of anilines is 1. The molecule has 0 radical (unpaired) electrons. The number of methoxy groups -OCH3 is 1. The van der Waals surface area contributed by atoms with Crippen molar-refractivity contribution in [3.05, 3.63) is 24.4 Å². The van der Waals surface area contributed by atoms with E-state index in [-0.39, 0.29) is 5.91 Å². The number of ether oxygens (including phenoxy) is 1. The molecule has 0 aliphatic carbocycles. The molecule has 0 bridgehead atoms. The van der Waals surface area contributed by atoms with E-state index in [1.165, 1.54) is 14.0 Å². The van der Waals surface area contributed by atoms with Gasteiger partial charge in [0.05, 0.1) is 7.11 Å². The molecule has 0 aliphatic heterocycles. The Morgan fingerprint density at radius 2 is 2.43 bits per heavy atom. The average Bonchev–Trinajstić information content (AvgIpc) is 2.17. The molecule has 0 unspecified atom stereocenters. The lowest BCUT2D eigenvalue weighted by atomic mass is 10.2. The second-order valence-electron chi connectivity index (χ2n) is 2.67. The van der Waals surface area contributed by atoms with Crippen LogP contribution in [0, 0.1) is 0 Å². The molecule has 1 N–H and O–H groups in total. The van der Waals surface area contributed by atoms with Crippen LogP contribution >= 0.6 is 0 Å². The van der Waals surface area contributed by atoms with E-state index in [1.807, 2.05) is 0 Å². The highest BCUT2D eigenvalue weighted by molar-refractivity contribution is 5.92. The van der Waals surface area contributed by atoms with Gasteiger partial charge in [-0.15, -0.1) is 0 Å². The van der Waals surface area contributed by atoms with Gasteiger partial charge in [0.1, 0.15) is 5.69 Å². The van der Waals surface area contributed by atoms with Crippen molar-refractivity contribution in [3.63, 3.8) is 0 Å². The second-order valence-corrected chi connectivity index (χ2v) is 2.67. The molecule has 4 nitrogen and oxygen atoms in total. The Bertz CT molecular complexity index is 361. The molecule has 4 heteroatoms. The number of nitrogens with zero attached hydrogens (tertiary/aromatic N) is 1. The van der Waals surface area contributed by atoms with Gasteiger partial charge in [-0.1, -0.05) is 12.7 Å². The van der Waals surface area contributed by atoms with E-state index in [1.54, 1.807) is 18.3 Å². The Morgan fingerprint density at radius 3 is 2.93 bits per heavy atom. The zero-order valence-corrected chi connectivity index (χ0v) is 8.20. The Hall–Kier alpha value is -1.84. The number of rotatable bonds is 3. The molecule has 1 aromatic heterocycles. The summed E-state index contributed by atoms with van der Waals surface area (Å²) in [6.45, 7) is 5.07. The number of hydrogen-bond acceptors (Lipinski definition) is 3. The van der Waals surface area contributed by atoms with E-state index in [2.05, 4.69) is 16.9 Å². The first-order valence-corrected chi connectivity index (χ1v) is 4.12. The molecule has 0 spiro atoms. The van der Waals surface area contributed by atoms with Gasteiger partial charge in [0.2, 0.25) is 11.8 Å². The number of carbonyl (C=O) groups is 1. The van der Waals surface area contributed by atoms with Gasteiger partial charge in [0.25, 0.3) is 0 Å². The SMILES string of the molecule is C=Cc1ccnc(OC)c1NC(C)=O. The van der Waals surface area contributed by atoms with Crippen molar-refractivity contribution in [2.75, 3.05) is 12.4 Å². The van der Waals surface area contributed by atoms with Crippen molar-refractivity contribution in [3.8, 4) is 5.88 Å². The molecule has 0 fully saturated rings. The van der Waals surface area contributed by atoms with Crippen LogP contribution in [0.3, 0.4) is 0 Å². The predicted molar refractivity (Wildman–Crippen MR) is 55.2 cm³/mol. The molecule has 0 aromatic carbocycles. The van der Waals surface area contributed by atoms with Gasteiger partial charge in [-0.2, -0.15) is 0 Å². The molecular formula is C10H12N2O2. The van der Waals surface area contributed by atoms with Crippen LogP contribution in [0.2, 0.25) is 0 Å². The molecule has 1 amide bonds. The largest absolute Gasteiger partial charge is 0.479 e. The number of amides is 1. The summed E-state index contributed by atoms with van der Waals surface area (Å²) in [5.41, 5.74) is 1.34. The summed E-state index contributed by atoms with van der Waals surface area (Å²) >= 11 is 0. The fourth-order valence-electron chi connectivity index (χ4n) is 1.08. The topological polar surface area (TPSA) is 51.2 Å². The Labute approximate surface area is 82.6 Å². The molecule has 0 aliphatic rings. The van der Waals surface area contributed by atoms with Crippen LogP contribution in [0.5, 0.6) is 5.88 Å². The summed E-state index contributed by atoms with van der Waals surface area (Å²) in [6, 6.07) is 1.75. The number of hydrogen-bond donors (Lipinski definition) is 1. The summed E-state index contributed by atoms with van der Waals surface area (Å²) in [5.74, 6) is 0.219. The van der Waals surface area contributed by atoms with E-state index < -0.39 is 0 Å². The molecule has 14 heavy (non-hydrogen) atoms. The standard InChI is InChI=1S/C10H12N2O2/c1-4-8-5-6-11-10(14-3)9(8)12-7(2)13/h4-6H,1H2,2-3H3,(H,12,13). The quantitative estimate of drug-likeness (QED) is 0.792. The molecule has 0 atom stereocenters. The summed E-state index contributed by atoms with van der Waals surface area (Å²) in [5, 5.41) is 2.65. The zero-order valence-electron chi connectivity index (χ0n) is 8.20. The van der Waals surface area contributed by atoms with Crippen LogP contribution in [0.1, 0.15) is 12.5 Å². The monoisotopic (exact) mass is 192 g/mol. The van der Waals surface area contributed by atoms with E-state index in [0.717, 1.165) is 5.56 Å². The highest BCUT2D eigenvalue weighted by Gasteiger charge is 2.08. The maximum Gasteiger partial charge on any atom is 0.238 e. The fraction of sp³-hybridized carbons (Fsp3) is 0.200. The van der Waals surface area contributed by atoms with Gasteiger partial charge >= 0.3 is 0 Å². The van der Waals surface area contributed by atoms with E-state index in [4.69, 9.17) is 4.74 Å². The number of pyridine rings is 1. The van der Waals surface area contributed by atoms with Crippen molar-refractivity contribution in [1.82, 2.24) is 4.98 Å². The first-order valence-electron chi connectivity index (χ1n) is 4.12. The molecule has 0 saturated carbocycles. The highest BCUT2D eigenvalue weighted by atomic mass is 16.5. The highest BCUT2D eigenvalue weighted by Crippen LogP contribution is 2.26. The molecule has 1 rings (SSSR count). The third-order valence-corrected chi connectivity index (χ3v) is 1.66. The predicted octanol–water partition coefficient (Wildman–Crippen LogP) is 1.69. The van der Waals surface area contributed by atoms with Crippen LogP contribution in [-0.4, -0.2) is 18.0 Å². The third-order valence-electron chi connectivity index (χ3n) is 1.66. The Kier molecular flexibility index (Phi) is 3.23. The second kappa shape index (κ2) is 4.41. The van der Waals surface area contributed by atoms with Gasteiger partial charge in [-0.25, -0.2) is 4.98 Å². The molecule has 1 heterocycles. The summed E-state index contributed by atoms with van der Waals surface area (Å²) in [7, 11) is 1.50. The minimum Gasteiger partial charge on any atom is -0.479 e. The minimum atomic E-state index is -0.167. The molecular weight excluding hydrogens is 180 g/mol. The Morgan fingerprint density at radius 1 is 1.71 bits per heavy atom. The van der Waals surface area contributed by atoms with E-state index in [9.17, 15) is 4.79 Å². The fourth-order valence-corrected chi connectivity index (χ4v) is 1.08. The van der Waals surface area contributed by atoms with Gasteiger partial charge in [0.15, 0.2) is 0 Å². The van der Waals surface area contributed by atoms with Crippen LogP contribution in [0.25, 0.3) is 6.08 Å². The lowest BCUT2D eigenvalue weighted by molar-refractivity contribution is -0.114. The first kappa shape index (κ1) is 10.2.